The quantitative estimate of drug-likeness (QED) is 0.816. The first-order valence-corrected chi connectivity index (χ1v) is 10.5. The number of hydrogen-bond acceptors (Lipinski definition) is 3. The van der Waals surface area contributed by atoms with Crippen LogP contribution in [0.5, 0.6) is 11.5 Å². The van der Waals surface area contributed by atoms with Gasteiger partial charge in [-0.2, -0.15) is 0 Å². The Morgan fingerprint density at radius 3 is 2.61 bits per heavy atom. The van der Waals surface area contributed by atoms with Gasteiger partial charge < -0.3 is 14.4 Å². The zero-order valence-electron chi connectivity index (χ0n) is 16.5. The first kappa shape index (κ1) is 17.6. The van der Waals surface area contributed by atoms with E-state index in [1.807, 2.05) is 4.90 Å². The molecule has 5 rings (SSSR count). The summed E-state index contributed by atoms with van der Waals surface area (Å²) in [6.07, 6.45) is 4.47. The second-order valence-electron chi connectivity index (χ2n) is 8.27. The van der Waals surface area contributed by atoms with Crippen LogP contribution in [0, 0.1) is 6.92 Å². The van der Waals surface area contributed by atoms with Gasteiger partial charge in [0.1, 0.15) is 11.5 Å². The summed E-state index contributed by atoms with van der Waals surface area (Å²) >= 11 is 0. The van der Waals surface area contributed by atoms with Crippen LogP contribution >= 0.6 is 0 Å². The standard InChI is InChI=1S/C24H27NO3/c1-16-2-4-17(5-3-16)14-22(26)25-10-6-18(7-11-25)23-20-9-13-27-21(20)15-19-8-12-28-24(19)23/h2-5,15,18H,6-14H2,1H3. The summed E-state index contributed by atoms with van der Waals surface area (Å²) in [6.45, 7) is 5.28. The SMILES string of the molecule is Cc1ccc(CC(=O)N2CCC(c3c4c(cc5c3OCC5)OCC4)CC2)cc1. The molecule has 3 aliphatic rings. The molecule has 1 amide bonds. The smallest absolute Gasteiger partial charge is 0.226 e. The molecule has 0 bridgehead atoms. The predicted molar refractivity (Wildman–Crippen MR) is 108 cm³/mol. The minimum atomic E-state index is 0.241. The van der Waals surface area contributed by atoms with Crippen LogP contribution in [0.25, 0.3) is 0 Å². The molecule has 2 aromatic rings. The van der Waals surface area contributed by atoms with Gasteiger partial charge in [0.2, 0.25) is 5.91 Å². The number of piperidine rings is 1. The second-order valence-corrected chi connectivity index (χ2v) is 8.27. The van der Waals surface area contributed by atoms with E-state index in [9.17, 15) is 4.79 Å². The third-order valence-electron chi connectivity index (χ3n) is 6.42. The number of carbonyl (C=O) groups excluding carboxylic acids is 1. The summed E-state index contributed by atoms with van der Waals surface area (Å²) in [5.41, 5.74) is 6.36. The van der Waals surface area contributed by atoms with Gasteiger partial charge in [-0.1, -0.05) is 29.8 Å². The predicted octanol–water partition coefficient (Wildman–Crippen LogP) is 3.81. The van der Waals surface area contributed by atoms with E-state index in [0.29, 0.717) is 12.3 Å². The van der Waals surface area contributed by atoms with Crippen molar-refractivity contribution >= 4 is 5.91 Å². The Morgan fingerprint density at radius 2 is 1.82 bits per heavy atom. The van der Waals surface area contributed by atoms with Crippen molar-refractivity contribution < 1.29 is 14.3 Å². The molecule has 0 atom stereocenters. The van der Waals surface area contributed by atoms with E-state index >= 15 is 0 Å². The van der Waals surface area contributed by atoms with Crippen LogP contribution in [0.15, 0.2) is 30.3 Å². The molecule has 3 aliphatic heterocycles. The number of hydrogen-bond donors (Lipinski definition) is 0. The fraction of sp³-hybridized carbons (Fsp3) is 0.458. The van der Waals surface area contributed by atoms with Gasteiger partial charge in [0, 0.05) is 42.6 Å². The molecule has 4 heteroatoms. The molecule has 146 valence electrons. The number of amides is 1. The molecule has 0 radical (unpaired) electrons. The van der Waals surface area contributed by atoms with Crippen molar-refractivity contribution in [2.75, 3.05) is 26.3 Å². The highest BCUT2D eigenvalue weighted by Crippen LogP contribution is 2.46. The summed E-state index contributed by atoms with van der Waals surface area (Å²) in [5.74, 6) is 2.89. The molecular formula is C24H27NO3. The molecule has 3 heterocycles. The molecule has 0 unspecified atom stereocenters. The van der Waals surface area contributed by atoms with Gasteiger partial charge in [0.15, 0.2) is 0 Å². The monoisotopic (exact) mass is 377 g/mol. The van der Waals surface area contributed by atoms with Crippen LogP contribution in [-0.2, 0) is 24.1 Å². The number of carbonyl (C=O) groups is 1. The lowest BCUT2D eigenvalue weighted by molar-refractivity contribution is -0.131. The third-order valence-corrected chi connectivity index (χ3v) is 6.42. The number of nitrogens with zero attached hydrogens (tertiary/aromatic N) is 1. The van der Waals surface area contributed by atoms with Gasteiger partial charge in [0.05, 0.1) is 19.6 Å². The van der Waals surface area contributed by atoms with Crippen LogP contribution in [0.2, 0.25) is 0 Å². The fourth-order valence-corrected chi connectivity index (χ4v) is 4.86. The minimum absolute atomic E-state index is 0.241. The normalized spacial score (nSPS) is 18.4. The average Bonchev–Trinajstić information content (AvgIpc) is 3.37. The first-order valence-electron chi connectivity index (χ1n) is 10.5. The fourth-order valence-electron chi connectivity index (χ4n) is 4.86. The summed E-state index contributed by atoms with van der Waals surface area (Å²) in [6, 6.07) is 10.5. The van der Waals surface area contributed by atoms with E-state index in [2.05, 4.69) is 37.3 Å². The number of ether oxygens (including phenoxy) is 2. The first-order chi connectivity index (χ1) is 13.7. The number of aryl methyl sites for hydroxylation is 1. The second kappa shape index (κ2) is 7.16. The lowest BCUT2D eigenvalue weighted by Crippen LogP contribution is -2.39. The molecule has 1 fully saturated rings. The Balaban J connectivity index is 1.29. The Kier molecular flexibility index (Phi) is 4.50. The molecule has 0 aromatic heterocycles. The van der Waals surface area contributed by atoms with Crippen molar-refractivity contribution in [3.63, 3.8) is 0 Å². The maximum absolute atomic E-state index is 12.8. The number of likely N-dealkylation sites (tertiary alicyclic amines) is 1. The van der Waals surface area contributed by atoms with Crippen molar-refractivity contribution in [3.05, 3.63) is 58.1 Å². The van der Waals surface area contributed by atoms with E-state index in [-0.39, 0.29) is 5.91 Å². The molecule has 2 aromatic carbocycles. The molecule has 0 saturated carbocycles. The molecule has 0 spiro atoms. The van der Waals surface area contributed by atoms with Gasteiger partial charge >= 0.3 is 0 Å². The number of fused-ring (bicyclic) bond motifs is 2. The molecule has 4 nitrogen and oxygen atoms in total. The third kappa shape index (κ3) is 3.15. The van der Waals surface area contributed by atoms with Crippen LogP contribution in [0.1, 0.15) is 46.6 Å². The summed E-state index contributed by atoms with van der Waals surface area (Å²) in [5, 5.41) is 0. The lowest BCUT2D eigenvalue weighted by atomic mass is 9.83. The summed E-state index contributed by atoms with van der Waals surface area (Å²) in [4.78, 5) is 14.8. The molecular weight excluding hydrogens is 350 g/mol. The molecule has 0 N–H and O–H groups in total. The zero-order valence-corrected chi connectivity index (χ0v) is 16.5. The van der Waals surface area contributed by atoms with Crippen molar-refractivity contribution in [1.29, 1.82) is 0 Å². The maximum atomic E-state index is 12.8. The molecule has 1 saturated heterocycles. The molecule has 0 aliphatic carbocycles. The Hall–Kier alpha value is -2.49. The van der Waals surface area contributed by atoms with Gasteiger partial charge in [-0.25, -0.2) is 0 Å². The summed E-state index contributed by atoms with van der Waals surface area (Å²) < 4.78 is 11.9. The van der Waals surface area contributed by atoms with Crippen LogP contribution in [0.3, 0.4) is 0 Å². The van der Waals surface area contributed by atoms with E-state index < -0.39 is 0 Å². The number of benzene rings is 2. The van der Waals surface area contributed by atoms with Crippen LogP contribution < -0.4 is 9.47 Å². The van der Waals surface area contributed by atoms with Crippen molar-refractivity contribution in [3.8, 4) is 11.5 Å². The van der Waals surface area contributed by atoms with Gasteiger partial charge in [-0.05, 0) is 37.3 Å². The number of rotatable bonds is 3. The molecule has 28 heavy (non-hydrogen) atoms. The van der Waals surface area contributed by atoms with E-state index in [1.54, 1.807) is 0 Å². The van der Waals surface area contributed by atoms with Gasteiger partial charge in [-0.3, -0.25) is 4.79 Å². The van der Waals surface area contributed by atoms with E-state index in [1.165, 1.54) is 22.3 Å². The highest BCUT2D eigenvalue weighted by Gasteiger charge is 2.33. The highest BCUT2D eigenvalue weighted by molar-refractivity contribution is 5.79. The summed E-state index contributed by atoms with van der Waals surface area (Å²) in [7, 11) is 0. The average molecular weight is 377 g/mol. The van der Waals surface area contributed by atoms with Crippen molar-refractivity contribution in [1.82, 2.24) is 4.90 Å². The zero-order chi connectivity index (χ0) is 19.1. The topological polar surface area (TPSA) is 38.8 Å². The largest absolute Gasteiger partial charge is 0.493 e. The maximum Gasteiger partial charge on any atom is 0.226 e. The van der Waals surface area contributed by atoms with Crippen LogP contribution in [0.4, 0.5) is 0 Å². The van der Waals surface area contributed by atoms with Gasteiger partial charge in [-0.15, -0.1) is 0 Å². The lowest BCUT2D eigenvalue weighted by Gasteiger charge is -2.33. The van der Waals surface area contributed by atoms with Crippen molar-refractivity contribution in [2.45, 2.75) is 44.9 Å². The Labute approximate surface area is 166 Å². The van der Waals surface area contributed by atoms with Gasteiger partial charge in [0.25, 0.3) is 0 Å². The minimum Gasteiger partial charge on any atom is -0.493 e. The Morgan fingerprint density at radius 1 is 1.07 bits per heavy atom. The van der Waals surface area contributed by atoms with Crippen LogP contribution in [-0.4, -0.2) is 37.1 Å². The Bertz CT molecular complexity index is 863. The van der Waals surface area contributed by atoms with Crippen molar-refractivity contribution in [2.24, 2.45) is 0 Å². The highest BCUT2D eigenvalue weighted by atomic mass is 16.5. The van der Waals surface area contributed by atoms with E-state index in [0.717, 1.165) is 69.0 Å². The van der Waals surface area contributed by atoms with E-state index in [4.69, 9.17) is 9.47 Å².